The van der Waals surface area contributed by atoms with Gasteiger partial charge in [-0.15, -0.1) is 0 Å². The van der Waals surface area contributed by atoms with Crippen molar-refractivity contribution in [2.45, 2.75) is 39.2 Å². The van der Waals surface area contributed by atoms with E-state index in [1.807, 2.05) is 42.8 Å². The van der Waals surface area contributed by atoms with Gasteiger partial charge in [0.25, 0.3) is 0 Å². The fraction of sp³-hybridized carbons (Fsp3) is 0.417. The summed E-state index contributed by atoms with van der Waals surface area (Å²) in [5.74, 6) is 0.545. The van der Waals surface area contributed by atoms with E-state index in [1.54, 1.807) is 0 Å². The summed E-state index contributed by atoms with van der Waals surface area (Å²) in [6, 6.07) is 9.26. The summed E-state index contributed by atoms with van der Waals surface area (Å²) in [5, 5.41) is 0.894. The molecule has 158 valence electrons. The molecule has 6 heteroatoms. The number of rotatable bonds is 6. The summed E-state index contributed by atoms with van der Waals surface area (Å²) in [5.41, 5.74) is 2.25. The first kappa shape index (κ1) is 20.4. The van der Waals surface area contributed by atoms with Crippen molar-refractivity contribution >= 4 is 16.7 Å². The number of fused-ring (bicyclic) bond motifs is 1. The Labute approximate surface area is 176 Å². The first-order chi connectivity index (χ1) is 14.5. The van der Waals surface area contributed by atoms with Gasteiger partial charge in [0.15, 0.2) is 6.61 Å². The number of carbonyl (C=O) groups is 1. The third-order valence-electron chi connectivity index (χ3n) is 5.97. The van der Waals surface area contributed by atoms with E-state index < -0.39 is 0 Å². The quantitative estimate of drug-likeness (QED) is 0.575. The molecular weight excluding hydrogens is 380 g/mol. The van der Waals surface area contributed by atoms with Crippen LogP contribution in [0.3, 0.4) is 0 Å². The van der Waals surface area contributed by atoms with Gasteiger partial charge in [-0.25, -0.2) is 0 Å². The first-order valence-corrected chi connectivity index (χ1v) is 10.6. The molecule has 0 atom stereocenters. The van der Waals surface area contributed by atoms with Gasteiger partial charge in [0.1, 0.15) is 12.0 Å². The van der Waals surface area contributed by atoms with Gasteiger partial charge < -0.3 is 13.7 Å². The average molecular weight is 408 g/mol. The van der Waals surface area contributed by atoms with E-state index in [4.69, 9.17) is 9.15 Å². The lowest BCUT2D eigenvalue weighted by Gasteiger charge is -2.18. The Balaban J connectivity index is 1.45. The molecule has 30 heavy (non-hydrogen) atoms. The number of aromatic nitrogens is 1. The van der Waals surface area contributed by atoms with Crippen molar-refractivity contribution in [2.24, 2.45) is 7.05 Å². The molecule has 1 aliphatic rings. The molecule has 1 aliphatic heterocycles. The van der Waals surface area contributed by atoms with Gasteiger partial charge in [0, 0.05) is 35.3 Å². The molecular formula is C24H28N2O4. The van der Waals surface area contributed by atoms with Crippen LogP contribution in [0.1, 0.15) is 47.5 Å². The summed E-state index contributed by atoms with van der Waals surface area (Å²) in [6.07, 6.45) is 6.22. The molecule has 0 unspecified atom stereocenters. The summed E-state index contributed by atoms with van der Waals surface area (Å²) in [7, 11) is 1.94. The molecule has 4 rings (SSSR count). The largest absolute Gasteiger partial charge is 0.478 e. The normalized spacial score (nSPS) is 15.3. The second kappa shape index (κ2) is 8.88. The van der Waals surface area contributed by atoms with Gasteiger partial charge in [0.05, 0.1) is 6.54 Å². The molecule has 0 spiro atoms. The van der Waals surface area contributed by atoms with Crippen LogP contribution in [0.2, 0.25) is 0 Å². The summed E-state index contributed by atoms with van der Waals surface area (Å²) in [6.45, 7) is 4.40. The lowest BCUT2D eigenvalue weighted by molar-refractivity contribution is 0.0919. The molecule has 1 aromatic carbocycles. The van der Waals surface area contributed by atoms with Gasteiger partial charge in [-0.3, -0.25) is 14.5 Å². The molecule has 6 nitrogen and oxygen atoms in total. The maximum Gasteiger partial charge on any atom is 0.227 e. The van der Waals surface area contributed by atoms with Gasteiger partial charge >= 0.3 is 0 Å². The Hall–Kier alpha value is -2.86. The Morgan fingerprint density at radius 1 is 1.13 bits per heavy atom. The highest BCUT2D eigenvalue weighted by Crippen LogP contribution is 2.25. The van der Waals surface area contributed by atoms with Crippen LogP contribution in [0.25, 0.3) is 10.9 Å². The van der Waals surface area contributed by atoms with Crippen molar-refractivity contribution in [3.05, 3.63) is 63.8 Å². The van der Waals surface area contributed by atoms with Crippen molar-refractivity contribution in [3.8, 4) is 5.75 Å². The van der Waals surface area contributed by atoms with Crippen LogP contribution < -0.4 is 10.2 Å². The smallest absolute Gasteiger partial charge is 0.227 e. The SMILES string of the molecule is Cc1c(C(=O)COc2coc(CN3CCCCCC3)cc2=O)c2ccccc2n1C. The van der Waals surface area contributed by atoms with Gasteiger partial charge in [0.2, 0.25) is 17.0 Å². The molecule has 1 saturated heterocycles. The number of carbonyl (C=O) groups excluding carboxylic acids is 1. The van der Waals surface area contributed by atoms with Gasteiger partial charge in [-0.1, -0.05) is 31.0 Å². The minimum Gasteiger partial charge on any atom is -0.478 e. The molecule has 0 bridgehead atoms. The van der Waals surface area contributed by atoms with Crippen molar-refractivity contribution < 1.29 is 13.9 Å². The van der Waals surface area contributed by atoms with Gasteiger partial charge in [-0.05, 0) is 38.9 Å². The topological polar surface area (TPSA) is 64.7 Å². The second-order valence-electron chi connectivity index (χ2n) is 8.01. The van der Waals surface area contributed by atoms with Crippen LogP contribution in [-0.2, 0) is 13.6 Å². The number of ether oxygens (including phenoxy) is 1. The van der Waals surface area contributed by atoms with E-state index in [-0.39, 0.29) is 23.6 Å². The van der Waals surface area contributed by atoms with Crippen LogP contribution in [0.5, 0.6) is 5.75 Å². The van der Waals surface area contributed by atoms with Crippen LogP contribution in [0.15, 0.2) is 45.8 Å². The zero-order valence-corrected chi connectivity index (χ0v) is 17.6. The number of benzene rings is 1. The number of hydrogen-bond donors (Lipinski definition) is 0. The number of aryl methyl sites for hydroxylation is 1. The Morgan fingerprint density at radius 2 is 1.87 bits per heavy atom. The molecule has 3 heterocycles. The van der Waals surface area contributed by atoms with E-state index in [9.17, 15) is 9.59 Å². The molecule has 0 aliphatic carbocycles. The standard InChI is InChI=1S/C24H28N2O4/c1-17-24(19-9-5-6-10-20(19)25(17)2)22(28)15-30-23-16-29-18(13-21(23)27)14-26-11-7-3-4-8-12-26/h5-6,9-10,13,16H,3-4,7-8,11-12,14-15H2,1-2H3. The van der Waals surface area contributed by atoms with Crippen LogP contribution in [0.4, 0.5) is 0 Å². The fourth-order valence-electron chi connectivity index (χ4n) is 4.23. The number of likely N-dealkylation sites (tertiary alicyclic amines) is 1. The molecule has 2 aromatic heterocycles. The van der Waals surface area contributed by atoms with E-state index >= 15 is 0 Å². The molecule has 0 saturated carbocycles. The fourth-order valence-corrected chi connectivity index (χ4v) is 4.23. The van der Waals surface area contributed by atoms with Crippen molar-refractivity contribution in [1.29, 1.82) is 0 Å². The highest BCUT2D eigenvalue weighted by atomic mass is 16.5. The predicted molar refractivity (Wildman–Crippen MR) is 116 cm³/mol. The Bertz CT molecular complexity index is 1100. The number of ketones is 1. The summed E-state index contributed by atoms with van der Waals surface area (Å²) >= 11 is 0. The second-order valence-corrected chi connectivity index (χ2v) is 8.01. The zero-order chi connectivity index (χ0) is 21.1. The van der Waals surface area contributed by atoms with E-state index in [0.717, 1.165) is 29.7 Å². The zero-order valence-electron chi connectivity index (χ0n) is 17.6. The Kier molecular flexibility index (Phi) is 6.04. The molecule has 0 amide bonds. The van der Waals surface area contributed by atoms with Crippen LogP contribution in [0, 0.1) is 6.92 Å². The monoisotopic (exact) mass is 408 g/mol. The lowest BCUT2D eigenvalue weighted by atomic mass is 10.1. The summed E-state index contributed by atoms with van der Waals surface area (Å²) < 4.78 is 13.2. The molecule has 1 fully saturated rings. The maximum atomic E-state index is 12.9. The number of nitrogens with zero attached hydrogens (tertiary/aromatic N) is 2. The van der Waals surface area contributed by atoms with Crippen LogP contribution in [-0.4, -0.2) is 34.9 Å². The maximum absolute atomic E-state index is 12.9. The number of para-hydroxylation sites is 1. The third kappa shape index (κ3) is 4.19. The lowest BCUT2D eigenvalue weighted by Crippen LogP contribution is -2.24. The van der Waals surface area contributed by atoms with Crippen molar-refractivity contribution in [3.63, 3.8) is 0 Å². The highest BCUT2D eigenvalue weighted by molar-refractivity contribution is 6.10. The number of Topliss-reactive ketones (excluding diaryl/α,β-unsaturated/α-hetero) is 1. The van der Waals surface area contributed by atoms with E-state index in [2.05, 4.69) is 4.90 Å². The predicted octanol–water partition coefficient (Wildman–Crippen LogP) is 4.08. The van der Waals surface area contributed by atoms with Crippen LogP contribution >= 0.6 is 0 Å². The molecule has 0 N–H and O–H groups in total. The minimum absolute atomic E-state index is 0.0702. The van der Waals surface area contributed by atoms with E-state index in [0.29, 0.717) is 17.9 Å². The minimum atomic E-state index is -0.256. The molecule has 3 aromatic rings. The van der Waals surface area contributed by atoms with Gasteiger partial charge in [-0.2, -0.15) is 0 Å². The average Bonchev–Trinajstić information content (AvgIpc) is 2.90. The number of hydrogen-bond acceptors (Lipinski definition) is 5. The third-order valence-corrected chi connectivity index (χ3v) is 5.97. The summed E-state index contributed by atoms with van der Waals surface area (Å²) in [4.78, 5) is 27.6. The van der Waals surface area contributed by atoms with E-state index in [1.165, 1.54) is 38.0 Å². The highest BCUT2D eigenvalue weighted by Gasteiger charge is 2.19. The van der Waals surface area contributed by atoms with Crippen molar-refractivity contribution in [2.75, 3.05) is 19.7 Å². The van der Waals surface area contributed by atoms with Crippen molar-refractivity contribution in [1.82, 2.24) is 9.47 Å². The Morgan fingerprint density at radius 3 is 2.60 bits per heavy atom. The first-order valence-electron chi connectivity index (χ1n) is 10.6. The molecule has 0 radical (unpaired) electrons.